The predicted molar refractivity (Wildman–Crippen MR) is 67.1 cm³/mol. The second-order valence-electron chi connectivity index (χ2n) is 6.85. The molecule has 104 valence electrons. The highest BCUT2D eigenvalue weighted by molar-refractivity contribution is 7.80. The standard InChI is InChI=1S/C12H21NO4S/c1-11(2)9-5-6-12(11,10(14)7-9)8-13(3,4)18(15,16)17/h9H,5-8H2,1-4H3/p+1/t9?,12-/m1/s1. The number of carbonyl (C=O) groups is 1. The van der Waals surface area contributed by atoms with Gasteiger partial charge >= 0.3 is 10.3 Å². The van der Waals surface area contributed by atoms with Crippen molar-refractivity contribution in [2.24, 2.45) is 16.7 Å². The third-order valence-electron chi connectivity index (χ3n) is 5.41. The molecule has 2 atom stereocenters. The lowest BCUT2D eigenvalue weighted by Gasteiger charge is -2.40. The van der Waals surface area contributed by atoms with Crippen LogP contribution in [0.15, 0.2) is 0 Å². The molecular weight excluding hydrogens is 254 g/mol. The lowest BCUT2D eigenvalue weighted by atomic mass is 9.68. The SMILES string of the molecule is CC1(C)C2CC[C@@]1(C[N+](C)(C)S(=O)(=O)O)C(=O)C2. The van der Waals surface area contributed by atoms with Crippen LogP contribution in [0.25, 0.3) is 0 Å². The quantitative estimate of drug-likeness (QED) is 0.622. The summed E-state index contributed by atoms with van der Waals surface area (Å²) >= 11 is 0. The van der Waals surface area contributed by atoms with E-state index in [0.717, 1.165) is 12.8 Å². The molecule has 0 saturated heterocycles. The van der Waals surface area contributed by atoms with Crippen LogP contribution in [0.2, 0.25) is 0 Å². The van der Waals surface area contributed by atoms with Crippen LogP contribution in [-0.4, -0.2) is 43.3 Å². The van der Waals surface area contributed by atoms with Crippen LogP contribution < -0.4 is 0 Å². The minimum Gasteiger partial charge on any atom is -0.299 e. The molecule has 2 fully saturated rings. The van der Waals surface area contributed by atoms with Gasteiger partial charge in [0.15, 0.2) is 0 Å². The first-order valence-electron chi connectivity index (χ1n) is 6.28. The van der Waals surface area contributed by atoms with E-state index in [-0.39, 0.29) is 17.7 Å². The van der Waals surface area contributed by atoms with E-state index >= 15 is 0 Å². The Kier molecular flexibility index (Phi) is 2.75. The summed E-state index contributed by atoms with van der Waals surface area (Å²) in [5, 5.41) is 0. The van der Waals surface area contributed by atoms with Crippen molar-refractivity contribution in [1.29, 1.82) is 0 Å². The summed E-state index contributed by atoms with van der Waals surface area (Å²) in [6.45, 7) is 4.27. The molecule has 0 spiro atoms. The van der Waals surface area contributed by atoms with Gasteiger partial charge in [-0.1, -0.05) is 13.8 Å². The highest BCUT2D eigenvalue weighted by Crippen LogP contribution is 2.64. The van der Waals surface area contributed by atoms with Gasteiger partial charge in [0.2, 0.25) is 0 Å². The Morgan fingerprint density at radius 3 is 2.28 bits per heavy atom. The lowest BCUT2D eigenvalue weighted by Crippen LogP contribution is -2.55. The number of hydrogen-bond acceptors (Lipinski definition) is 3. The fourth-order valence-electron chi connectivity index (χ4n) is 3.87. The summed E-state index contributed by atoms with van der Waals surface area (Å²) in [4.78, 5) is 12.3. The highest BCUT2D eigenvalue weighted by atomic mass is 32.2. The predicted octanol–water partition coefficient (Wildman–Crippen LogP) is 1.26. The first kappa shape index (κ1) is 14.0. The maximum Gasteiger partial charge on any atom is 0.432 e. The molecule has 2 rings (SSSR count). The first-order valence-corrected chi connectivity index (χ1v) is 7.68. The Labute approximate surface area is 109 Å². The van der Waals surface area contributed by atoms with Gasteiger partial charge in [0.05, 0.1) is 19.5 Å². The zero-order valence-electron chi connectivity index (χ0n) is 11.4. The van der Waals surface area contributed by atoms with Crippen molar-refractivity contribution in [2.45, 2.75) is 33.1 Å². The van der Waals surface area contributed by atoms with Crippen LogP contribution in [0, 0.1) is 16.7 Å². The number of carbonyl (C=O) groups excluding carboxylic acids is 1. The summed E-state index contributed by atoms with van der Waals surface area (Å²) in [7, 11) is -1.32. The van der Waals surface area contributed by atoms with Gasteiger partial charge in [-0.2, -0.15) is 3.89 Å². The summed E-state index contributed by atoms with van der Waals surface area (Å²) < 4.78 is 31.7. The fourth-order valence-corrected chi connectivity index (χ4v) is 4.26. The van der Waals surface area contributed by atoms with Crippen molar-refractivity contribution >= 4 is 16.1 Å². The number of fused-ring (bicyclic) bond motifs is 2. The van der Waals surface area contributed by atoms with Crippen molar-refractivity contribution in [3.63, 3.8) is 0 Å². The van der Waals surface area contributed by atoms with Crippen molar-refractivity contribution in [1.82, 2.24) is 0 Å². The molecule has 5 nitrogen and oxygen atoms in total. The smallest absolute Gasteiger partial charge is 0.299 e. The molecule has 2 bridgehead atoms. The number of ketones is 1. The van der Waals surface area contributed by atoms with E-state index in [4.69, 9.17) is 0 Å². The van der Waals surface area contributed by atoms with Gasteiger partial charge in [-0.3, -0.25) is 4.79 Å². The minimum absolute atomic E-state index is 0.161. The molecule has 2 aliphatic carbocycles. The number of Topliss-reactive ketones (excluding diaryl/α,β-unsaturated/α-hetero) is 1. The van der Waals surface area contributed by atoms with E-state index in [1.165, 1.54) is 14.1 Å². The molecule has 0 heterocycles. The zero-order chi connectivity index (χ0) is 14.0. The number of quaternary nitrogens is 1. The van der Waals surface area contributed by atoms with Crippen LogP contribution in [0.1, 0.15) is 33.1 Å². The molecule has 0 aromatic rings. The molecule has 0 radical (unpaired) electrons. The molecule has 2 saturated carbocycles. The second-order valence-corrected chi connectivity index (χ2v) is 8.73. The van der Waals surface area contributed by atoms with Crippen molar-refractivity contribution in [2.75, 3.05) is 20.6 Å². The normalized spacial score (nSPS) is 35.2. The minimum atomic E-state index is -4.21. The number of hydrogen-bond donors (Lipinski definition) is 1. The van der Waals surface area contributed by atoms with Gasteiger partial charge in [0, 0.05) is 6.42 Å². The lowest BCUT2D eigenvalue weighted by molar-refractivity contribution is -0.775. The number of rotatable bonds is 3. The largest absolute Gasteiger partial charge is 0.432 e. The molecule has 0 amide bonds. The van der Waals surface area contributed by atoms with Crippen molar-refractivity contribution in [3.8, 4) is 0 Å². The molecule has 18 heavy (non-hydrogen) atoms. The van der Waals surface area contributed by atoms with Crippen LogP contribution in [-0.2, 0) is 15.1 Å². The summed E-state index contributed by atoms with van der Waals surface area (Å²) in [6, 6.07) is 0. The number of nitrogens with zero attached hydrogens (tertiary/aromatic N) is 1. The molecule has 6 heteroatoms. The van der Waals surface area contributed by atoms with Gasteiger partial charge in [-0.15, -0.1) is 8.42 Å². The van der Waals surface area contributed by atoms with Crippen molar-refractivity contribution in [3.05, 3.63) is 0 Å². The summed E-state index contributed by atoms with van der Waals surface area (Å²) in [6.07, 6.45) is 2.27. The maximum atomic E-state index is 12.3. The molecular formula is C12H22NO4S+. The second kappa shape index (κ2) is 3.55. The van der Waals surface area contributed by atoms with E-state index in [1.54, 1.807) is 0 Å². The molecule has 2 aliphatic rings. The van der Waals surface area contributed by atoms with E-state index in [9.17, 15) is 17.8 Å². The van der Waals surface area contributed by atoms with Crippen molar-refractivity contribution < 1.29 is 21.7 Å². The Morgan fingerprint density at radius 1 is 1.39 bits per heavy atom. The monoisotopic (exact) mass is 276 g/mol. The third-order valence-corrected chi connectivity index (χ3v) is 6.79. The van der Waals surface area contributed by atoms with Crippen LogP contribution in [0.5, 0.6) is 0 Å². The Hall–Kier alpha value is -0.460. The molecule has 1 N–H and O–H groups in total. The topological polar surface area (TPSA) is 71.4 Å². The first-order chi connectivity index (χ1) is 7.94. The van der Waals surface area contributed by atoms with Gasteiger partial charge in [-0.05, 0) is 24.2 Å². The van der Waals surface area contributed by atoms with Crippen LogP contribution in [0.4, 0.5) is 0 Å². The molecule has 0 aromatic carbocycles. The summed E-state index contributed by atoms with van der Waals surface area (Å²) in [5.41, 5.74) is -0.777. The van der Waals surface area contributed by atoms with E-state index in [0.29, 0.717) is 12.3 Å². The van der Waals surface area contributed by atoms with Crippen LogP contribution >= 0.6 is 0 Å². The zero-order valence-corrected chi connectivity index (χ0v) is 12.2. The summed E-state index contributed by atoms with van der Waals surface area (Å²) in [5.74, 6) is 0.519. The fraction of sp³-hybridized carbons (Fsp3) is 0.917. The highest BCUT2D eigenvalue weighted by Gasteiger charge is 2.67. The Bertz CT molecular complexity index is 494. The Morgan fingerprint density at radius 2 is 1.94 bits per heavy atom. The maximum absolute atomic E-state index is 12.3. The van der Waals surface area contributed by atoms with Gasteiger partial charge < -0.3 is 0 Å². The molecule has 0 aromatic heterocycles. The van der Waals surface area contributed by atoms with Crippen LogP contribution in [0.3, 0.4) is 0 Å². The average Bonchev–Trinajstić information content (AvgIpc) is 2.48. The molecule has 0 aliphatic heterocycles. The average molecular weight is 276 g/mol. The van der Waals surface area contributed by atoms with E-state index in [2.05, 4.69) is 13.8 Å². The van der Waals surface area contributed by atoms with E-state index < -0.39 is 19.6 Å². The van der Waals surface area contributed by atoms with Gasteiger partial charge in [-0.25, -0.2) is 4.55 Å². The van der Waals surface area contributed by atoms with Gasteiger partial charge in [0.1, 0.15) is 12.3 Å². The van der Waals surface area contributed by atoms with E-state index in [1.807, 2.05) is 0 Å². The van der Waals surface area contributed by atoms with Gasteiger partial charge in [0.25, 0.3) is 0 Å². The third kappa shape index (κ3) is 1.58. The molecule has 1 unspecified atom stereocenters. The Balaban J connectivity index is 2.42.